The number of likely N-dealkylation sites (N-methyl/N-ethyl adjacent to an activating group) is 1. The third-order valence-electron chi connectivity index (χ3n) is 20.6. The number of aliphatic hydroxyl groups excluding tert-OH is 2. The van der Waals surface area contributed by atoms with Crippen LogP contribution in [0.15, 0.2) is 100.0 Å². The lowest BCUT2D eigenvalue weighted by molar-refractivity contribution is -0.923. The minimum atomic E-state index is -2.11. The molecule has 9 rings (SSSR count). The van der Waals surface area contributed by atoms with E-state index in [0.29, 0.717) is 74.1 Å². The van der Waals surface area contributed by atoms with Gasteiger partial charge in [0.25, 0.3) is 23.5 Å². The van der Waals surface area contributed by atoms with Gasteiger partial charge < -0.3 is 75.1 Å². The molecule has 1 aromatic heterocycles. The van der Waals surface area contributed by atoms with Gasteiger partial charge in [-0.25, -0.2) is 9.78 Å². The smallest absolute Gasteiger partial charge is 0.312 e. The molecule has 4 aromatic carbocycles. The summed E-state index contributed by atoms with van der Waals surface area (Å²) in [7, 11) is 3.60. The maximum absolute atomic E-state index is 15.1. The first-order valence-electron chi connectivity index (χ1n) is 35.5. The van der Waals surface area contributed by atoms with E-state index in [1.54, 1.807) is 52.0 Å². The van der Waals surface area contributed by atoms with Crippen LogP contribution in [0.25, 0.3) is 33.0 Å². The van der Waals surface area contributed by atoms with E-state index in [-0.39, 0.29) is 117 Å². The summed E-state index contributed by atoms with van der Waals surface area (Å²) in [5, 5.41) is 46.5. The highest BCUT2D eigenvalue weighted by atomic mass is 16.7. The van der Waals surface area contributed by atoms with Crippen molar-refractivity contribution in [3.8, 4) is 11.5 Å². The largest absolute Gasteiger partial charge is 0.505 e. The van der Waals surface area contributed by atoms with Crippen LogP contribution in [0.5, 0.6) is 11.5 Å². The number of nitrogens with one attached hydrogen (secondary N) is 4. The average Bonchev–Trinajstić information content (AvgIpc) is 1.40. The number of piperazine rings is 1. The Bertz CT molecular complexity index is 4310. The number of Topliss-reactive ketones (excluding diaryl/α,β-unsaturated/α-hetero) is 2. The Balaban J connectivity index is 0.932. The first kappa shape index (κ1) is 78.3. The fraction of sp³-hybridized carbons (Fsp3) is 0.494. The van der Waals surface area contributed by atoms with Crippen LogP contribution < -0.4 is 42.1 Å². The monoisotopic (exact) mass is 1440 g/mol. The number of carbonyl (C=O) groups is 9. The van der Waals surface area contributed by atoms with Crippen molar-refractivity contribution in [1.29, 1.82) is 0 Å². The molecule has 0 aliphatic carbocycles. The number of aromatic hydroxyl groups is 1. The molecule has 5 aromatic rings. The van der Waals surface area contributed by atoms with Crippen molar-refractivity contribution in [1.82, 2.24) is 20.5 Å². The van der Waals surface area contributed by atoms with Crippen molar-refractivity contribution in [2.75, 3.05) is 69.0 Å². The second kappa shape index (κ2) is 33.3. The van der Waals surface area contributed by atoms with Crippen LogP contribution >= 0.6 is 0 Å². The average molecular weight is 1440 g/mol. The van der Waals surface area contributed by atoms with Gasteiger partial charge in [-0.3, -0.25) is 48.1 Å². The predicted octanol–water partition coefficient (Wildman–Crippen LogP) is 8.05. The van der Waals surface area contributed by atoms with Gasteiger partial charge in [-0.05, 0) is 75.8 Å². The highest BCUT2D eigenvalue weighted by Crippen LogP contribution is 2.49. The fourth-order valence-electron chi connectivity index (χ4n) is 14.2. The zero-order chi connectivity index (χ0) is 75.8. The molecule has 4 aliphatic rings. The quantitative estimate of drug-likeness (QED) is 0.00617. The Kier molecular flexibility index (Phi) is 25.1. The molecule has 9 N–H and O–H groups in total. The lowest BCUT2D eigenvalue weighted by Gasteiger charge is -2.43. The Morgan fingerprint density at radius 3 is 2.23 bits per heavy atom. The van der Waals surface area contributed by atoms with Crippen LogP contribution in [0.4, 0.5) is 21.9 Å². The van der Waals surface area contributed by atoms with Crippen LogP contribution in [-0.2, 0) is 54.3 Å². The van der Waals surface area contributed by atoms with Gasteiger partial charge >= 0.3 is 17.8 Å². The second-order valence-electron chi connectivity index (χ2n) is 28.8. The van der Waals surface area contributed by atoms with Crippen LogP contribution in [0.3, 0.4) is 0 Å². The molecule has 27 heteroatoms. The van der Waals surface area contributed by atoms with E-state index in [0.717, 1.165) is 16.2 Å². The predicted molar refractivity (Wildman–Crippen MR) is 390 cm³/mol. The molecule has 11 atom stereocenters. The molecule has 27 nitrogen and oxygen atoms in total. The number of ketones is 2. The molecule has 1 fully saturated rings. The van der Waals surface area contributed by atoms with Gasteiger partial charge in [0, 0.05) is 128 Å². The number of aromatic nitrogens is 1. The number of hydrogen-bond acceptors (Lipinski definition) is 20. The first-order chi connectivity index (χ1) is 49.2. The molecule has 7 amide bonds. The number of ether oxygens (including phenoxy) is 4. The number of rotatable bonds is 22. The number of nitrogens with zero attached hydrogens (tertiary/aromatic N) is 4. The van der Waals surface area contributed by atoms with E-state index in [1.807, 2.05) is 44.2 Å². The number of esters is 1. The van der Waals surface area contributed by atoms with Crippen molar-refractivity contribution in [2.45, 2.75) is 157 Å². The number of fused-ring (bicyclic) bond motifs is 2. The topological polar surface area (TPSA) is 375 Å². The van der Waals surface area contributed by atoms with Crippen molar-refractivity contribution in [2.24, 2.45) is 41.2 Å². The van der Waals surface area contributed by atoms with Crippen molar-refractivity contribution >= 4 is 103 Å². The van der Waals surface area contributed by atoms with E-state index in [2.05, 4.69) is 33.2 Å². The van der Waals surface area contributed by atoms with Crippen molar-refractivity contribution in [3.63, 3.8) is 0 Å². The van der Waals surface area contributed by atoms with Gasteiger partial charge in [-0.1, -0.05) is 78.3 Å². The van der Waals surface area contributed by atoms with Crippen LogP contribution in [0.1, 0.15) is 129 Å². The summed E-state index contributed by atoms with van der Waals surface area (Å²) >= 11 is 0. The number of anilines is 3. The summed E-state index contributed by atoms with van der Waals surface area (Å²) in [6, 6.07) is 11.4. The molecule has 0 spiro atoms. The van der Waals surface area contributed by atoms with Gasteiger partial charge in [-0.2, -0.15) is 0 Å². The normalized spacial score (nSPS) is 24.7. The molecule has 104 heavy (non-hydrogen) atoms. The standard InChI is InChI=1S/C77H97N9O18/c1-41(2)63(82-57(89)21-14-13-15-32-85-58(90)28-29-59(85)91)54(88)38-50(20-17-31-79-76(78)99)75(98)80-51-24-22-49(23-25-51)40-86(11)35-33-84(34-36-86)52-26-27-53-56(39-52)103-72-64(81-53)60-61-68(94)47(8)71-62(60)73(96)77(10,104-71)101-37-30-55(100-12)44(5)70(102-48(9)87)46(7)67(93)45(6)66(92)42(3)18-16-19-43(4)74(97)83-65(72)69(61)95/h16,18-19,22-30,37,39,41-42,44-46,50,55,63,66-67,70,92-93H,13-15,17,20-21,31-36,38,40H2,1-12H3,(H6-,78,79,80,81,82,83,89,94,95,96,97,98,99)/p+1/b18-16+,37-30+,43-19-/t42-,44+,45+,46+,50+,55-,63-,66-,67+,70+,77-/m0/s1. The number of benzene rings is 4. The number of phenolic OH excluding ortho intramolecular Hbond substituents is 1. The summed E-state index contributed by atoms with van der Waals surface area (Å²) in [5.74, 6) is -10.5. The number of carbonyl (C=O) groups excluding carboxylic acids is 9. The van der Waals surface area contributed by atoms with Crippen LogP contribution in [0.2, 0.25) is 0 Å². The number of amides is 7. The lowest BCUT2D eigenvalue weighted by atomic mass is 9.78. The zero-order valence-corrected chi connectivity index (χ0v) is 61.2. The molecule has 0 radical (unpaired) electrons. The number of primary amides is 1. The first-order valence-corrected chi connectivity index (χ1v) is 35.5. The number of methoxy groups -OCH3 is 1. The number of aliphatic hydroxyl groups is 2. The highest BCUT2D eigenvalue weighted by molar-refractivity contribution is 6.26. The maximum atomic E-state index is 15.1. The molecular weight excluding hydrogens is 1340 g/mol. The Morgan fingerprint density at radius 1 is 0.885 bits per heavy atom. The molecule has 5 heterocycles. The maximum Gasteiger partial charge on any atom is 0.312 e. The number of allylic oxidation sites excluding steroid dienone is 2. The summed E-state index contributed by atoms with van der Waals surface area (Å²) in [6.07, 6.45) is 7.97. The second-order valence-corrected chi connectivity index (χ2v) is 28.8. The van der Waals surface area contributed by atoms with Gasteiger partial charge in [0.05, 0.1) is 74.8 Å². The minimum Gasteiger partial charge on any atom is -0.505 e. The fourth-order valence-corrected chi connectivity index (χ4v) is 14.2. The Labute approximate surface area is 603 Å². The van der Waals surface area contributed by atoms with E-state index in [1.165, 1.54) is 65.4 Å². The summed E-state index contributed by atoms with van der Waals surface area (Å²) < 4.78 is 31.6. The molecule has 4 aliphatic heterocycles. The van der Waals surface area contributed by atoms with Crippen LogP contribution in [0, 0.1) is 42.4 Å². The number of imide groups is 1. The minimum absolute atomic E-state index is 0.0428. The highest BCUT2D eigenvalue weighted by Gasteiger charge is 2.50. The van der Waals surface area contributed by atoms with Crippen LogP contribution in [-0.4, -0.2) is 172 Å². The number of nitrogens with two attached hydrogens (primary N) is 1. The number of quaternary nitrogens is 1. The number of hydrogen-bond donors (Lipinski definition) is 8. The van der Waals surface area contributed by atoms with E-state index < -0.39 is 107 Å². The molecule has 0 saturated carbocycles. The summed E-state index contributed by atoms with van der Waals surface area (Å²) in [6.45, 7) is 19.8. The van der Waals surface area contributed by atoms with Gasteiger partial charge in [0.1, 0.15) is 35.1 Å². The van der Waals surface area contributed by atoms with E-state index in [4.69, 9.17) is 34.1 Å². The SMILES string of the molecule is CO[C@H]1/C=C/O[C@@]2(C)Oc3c(C)c(=O)c4c(O)c(c5oc6cc(N7CC[N+](C)(Cc8ccc(NC(=O)[C@H](CCCNC(N)=O)CC(=O)[C@@H](NC(=O)CCCCCN9C(=O)C=CC9=O)C(C)C)cc8)CC7)ccc6nc5c4c3C2=O)NC(=O)/C(C)=C\C=C\[C@H](C)[C@H](O)[C@@H](C)[C@@H](O)[C@@H](C)[C@H](OC(C)=O)[C@@H]1C. The molecular formula is C77H98N9O18+. The third-order valence-corrected chi connectivity index (χ3v) is 20.6. The zero-order valence-electron chi connectivity index (χ0n) is 61.2. The summed E-state index contributed by atoms with van der Waals surface area (Å²) in [4.78, 5) is 141. The van der Waals surface area contributed by atoms with Gasteiger partial charge in [0.2, 0.25) is 11.8 Å². The number of phenols is 1. The van der Waals surface area contributed by atoms with E-state index in [9.17, 15) is 58.5 Å². The Morgan fingerprint density at radius 2 is 1.58 bits per heavy atom. The molecule has 1 saturated heterocycles. The number of unbranched alkanes of at least 4 members (excludes halogenated alkanes) is 2. The Hall–Kier alpha value is -9.83. The molecule has 558 valence electrons. The van der Waals surface area contributed by atoms with E-state index >= 15 is 4.79 Å². The van der Waals surface area contributed by atoms with Crippen molar-refractivity contribution in [3.05, 3.63) is 118 Å². The molecule has 4 bridgehead atoms. The third kappa shape index (κ3) is 17.7. The summed E-state index contributed by atoms with van der Waals surface area (Å²) in [5.41, 5.74) is 6.87. The lowest BCUT2D eigenvalue weighted by Crippen LogP contribution is -2.56. The van der Waals surface area contributed by atoms with Gasteiger partial charge in [0.15, 0.2) is 28.1 Å². The molecule has 0 unspecified atom stereocenters. The van der Waals surface area contributed by atoms with Gasteiger partial charge in [-0.15, -0.1) is 0 Å². The van der Waals surface area contributed by atoms with Crippen molar-refractivity contribution < 1.29 is 86.3 Å². The number of urea groups is 1.